The smallest absolute Gasteiger partial charge is 0.268 e. The number of benzene rings is 1. The molecule has 1 fully saturated rings. The van der Waals surface area contributed by atoms with Crippen molar-refractivity contribution in [1.82, 2.24) is 29.1 Å². The van der Waals surface area contributed by atoms with Crippen LogP contribution in [0.2, 0.25) is 12.6 Å². The van der Waals surface area contributed by atoms with E-state index < -0.39 is 0 Å². The summed E-state index contributed by atoms with van der Waals surface area (Å²) >= 11 is 0. The van der Waals surface area contributed by atoms with Gasteiger partial charge in [-0.25, -0.2) is 19.7 Å². The molecule has 8 nitrogen and oxygen atoms in total. The van der Waals surface area contributed by atoms with E-state index >= 15 is 0 Å². The lowest BCUT2D eigenvalue weighted by atomic mass is 9.42. The summed E-state index contributed by atoms with van der Waals surface area (Å²) in [5.74, 6) is 2.91. The predicted octanol–water partition coefficient (Wildman–Crippen LogP) is 3.01. The number of aromatic nitrogens is 6. The van der Waals surface area contributed by atoms with Gasteiger partial charge in [0.2, 0.25) is 0 Å². The normalized spacial score (nSPS) is 15.0. The van der Waals surface area contributed by atoms with Gasteiger partial charge in [0.05, 0.1) is 34.8 Å². The van der Waals surface area contributed by atoms with Crippen LogP contribution in [0.5, 0.6) is 0 Å². The molecule has 5 rings (SSSR count). The third kappa shape index (κ3) is 3.05. The van der Waals surface area contributed by atoms with Gasteiger partial charge in [-0.15, -0.1) is 5.10 Å². The van der Waals surface area contributed by atoms with E-state index in [0.717, 1.165) is 42.4 Å². The monoisotopic (exact) mass is 397 g/mol. The Balaban J connectivity index is 1.52. The number of hydrogen-bond acceptors (Lipinski definition) is 6. The highest BCUT2D eigenvalue weighted by atomic mass is 16.1. The minimum absolute atomic E-state index is 0.0365. The maximum absolute atomic E-state index is 13.1. The summed E-state index contributed by atoms with van der Waals surface area (Å²) in [6.07, 6.45) is 6.82. The van der Waals surface area contributed by atoms with Gasteiger partial charge in [-0.05, 0) is 38.8 Å². The lowest BCUT2D eigenvalue weighted by Gasteiger charge is -2.25. The maximum atomic E-state index is 13.1. The van der Waals surface area contributed by atoms with Crippen molar-refractivity contribution < 1.29 is 0 Å². The molecule has 1 saturated heterocycles. The molecule has 1 aliphatic rings. The van der Waals surface area contributed by atoms with Crippen LogP contribution in [-0.2, 0) is 0 Å². The Kier molecular flexibility index (Phi) is 4.35. The highest BCUT2D eigenvalue weighted by molar-refractivity contribution is 6.67. The van der Waals surface area contributed by atoms with Crippen molar-refractivity contribution in [1.29, 1.82) is 5.26 Å². The summed E-state index contributed by atoms with van der Waals surface area (Å²) < 4.78 is 3.47. The molecule has 0 amide bonds. The summed E-state index contributed by atoms with van der Waals surface area (Å²) in [6, 6.07) is 5.64. The molecule has 0 unspecified atom stereocenters. The molecule has 0 N–H and O–H groups in total. The van der Waals surface area contributed by atoms with Gasteiger partial charge in [-0.1, -0.05) is 18.7 Å². The van der Waals surface area contributed by atoms with Gasteiger partial charge in [-0.3, -0.25) is 14.3 Å². The Hall–Kier alpha value is -3.54. The molecule has 1 aromatic carbocycles. The summed E-state index contributed by atoms with van der Waals surface area (Å²) in [5, 5.41) is 14.2. The first-order chi connectivity index (χ1) is 14.5. The lowest BCUT2D eigenvalue weighted by molar-refractivity contribution is 0.440. The van der Waals surface area contributed by atoms with Gasteiger partial charge in [0.1, 0.15) is 0 Å². The zero-order chi connectivity index (χ0) is 20.8. The molecular weight excluding hydrogens is 377 g/mol. The van der Waals surface area contributed by atoms with Crippen LogP contribution in [0, 0.1) is 25.1 Å². The maximum Gasteiger partial charge on any atom is 0.268 e. The quantitative estimate of drug-likeness (QED) is 0.482. The van der Waals surface area contributed by atoms with E-state index in [4.69, 9.17) is 5.26 Å². The molecule has 30 heavy (non-hydrogen) atoms. The number of aryl methyl sites for hydroxylation is 2. The third-order valence-electron chi connectivity index (χ3n) is 5.92. The second-order valence-electron chi connectivity index (χ2n) is 7.99. The van der Waals surface area contributed by atoms with Crippen molar-refractivity contribution in [2.75, 3.05) is 0 Å². The zero-order valence-corrected chi connectivity index (χ0v) is 16.9. The topological polar surface area (TPSA) is 102 Å². The largest absolute Gasteiger partial charge is 0.296 e. The van der Waals surface area contributed by atoms with Gasteiger partial charge in [-0.2, -0.15) is 0 Å². The van der Waals surface area contributed by atoms with E-state index in [1.807, 2.05) is 32.2 Å². The van der Waals surface area contributed by atoms with Crippen molar-refractivity contribution in [2.45, 2.75) is 45.4 Å². The van der Waals surface area contributed by atoms with Crippen molar-refractivity contribution in [3.05, 3.63) is 52.5 Å². The van der Waals surface area contributed by atoms with E-state index in [0.29, 0.717) is 22.4 Å². The van der Waals surface area contributed by atoms with Gasteiger partial charge >= 0.3 is 0 Å². The van der Waals surface area contributed by atoms with Crippen molar-refractivity contribution in [3.63, 3.8) is 0 Å². The summed E-state index contributed by atoms with van der Waals surface area (Å²) in [6.45, 7) is 3.94. The first-order valence-electron chi connectivity index (χ1n) is 10.1. The highest BCUT2D eigenvalue weighted by Crippen LogP contribution is 2.28. The van der Waals surface area contributed by atoms with Crippen molar-refractivity contribution >= 4 is 23.3 Å². The Bertz CT molecular complexity index is 1380. The van der Waals surface area contributed by atoms with Crippen molar-refractivity contribution in [2.24, 2.45) is 0 Å². The molecule has 0 radical (unpaired) electrons. The third-order valence-corrected chi connectivity index (χ3v) is 5.92. The molecule has 0 saturated carbocycles. The van der Waals surface area contributed by atoms with Crippen molar-refractivity contribution in [3.8, 4) is 17.4 Å². The van der Waals surface area contributed by atoms with Gasteiger partial charge < -0.3 is 0 Å². The molecule has 0 atom stereocenters. The highest BCUT2D eigenvalue weighted by Gasteiger charge is 2.26. The van der Waals surface area contributed by atoms with Crippen LogP contribution in [0.3, 0.4) is 0 Å². The van der Waals surface area contributed by atoms with Crippen LogP contribution in [0.1, 0.15) is 30.3 Å². The minimum atomic E-state index is -0.0365. The molecule has 1 aliphatic heterocycles. The average Bonchev–Trinajstić information content (AvgIpc) is 3.18. The summed E-state index contributed by atoms with van der Waals surface area (Å²) in [5.41, 5.74) is 3.81. The van der Waals surface area contributed by atoms with Crippen LogP contribution in [0.4, 0.5) is 0 Å². The molecule has 9 heteroatoms. The first kappa shape index (κ1) is 18.5. The average molecular weight is 397 g/mol. The Morgan fingerprint density at radius 3 is 2.77 bits per heavy atom. The number of hydrogen-bond donors (Lipinski definition) is 0. The predicted molar refractivity (Wildman–Crippen MR) is 115 cm³/mol. The van der Waals surface area contributed by atoms with Crippen LogP contribution in [0.15, 0.2) is 35.5 Å². The van der Waals surface area contributed by atoms with E-state index in [9.17, 15) is 4.79 Å². The Morgan fingerprint density at radius 1 is 1.20 bits per heavy atom. The van der Waals surface area contributed by atoms with Crippen LogP contribution in [-0.4, -0.2) is 35.8 Å². The van der Waals surface area contributed by atoms with Crippen LogP contribution < -0.4 is 5.56 Å². The van der Waals surface area contributed by atoms with Gasteiger partial charge in [0.25, 0.3) is 12.3 Å². The molecule has 0 aliphatic carbocycles. The number of nitriles is 1. The summed E-state index contributed by atoms with van der Waals surface area (Å²) in [4.78, 5) is 26.7. The molecule has 148 valence electrons. The SMILES string of the molecule is Cc1cn2nc(-c3ccc4c(=O)n(C5CCB(C#N)CC5)cnc4c3)nc2c(C)n1. The standard InChI is InChI=1S/C21H20BN7O/c1-13-10-29-20(14(2)25-13)26-19(27-29)15-3-4-17-18(9-15)24-12-28(21(17)30)16-5-7-22(11-23)8-6-16/h3-4,9-10,12,16H,5-8H2,1-2H3. The number of rotatable bonds is 2. The van der Waals surface area contributed by atoms with Gasteiger partial charge in [0, 0.05) is 17.6 Å². The van der Waals surface area contributed by atoms with E-state index in [1.54, 1.807) is 21.5 Å². The molecule has 4 heterocycles. The van der Waals surface area contributed by atoms with Crippen LogP contribution >= 0.6 is 0 Å². The molecule has 0 bridgehead atoms. The number of nitrogens with zero attached hydrogens (tertiary/aromatic N) is 7. The molecule has 0 spiro atoms. The fourth-order valence-corrected chi connectivity index (χ4v) is 4.32. The fourth-order valence-electron chi connectivity index (χ4n) is 4.32. The summed E-state index contributed by atoms with van der Waals surface area (Å²) in [7, 11) is 0. The fraction of sp³-hybridized carbons (Fsp3) is 0.333. The molecule has 3 aromatic heterocycles. The lowest BCUT2D eigenvalue weighted by Crippen LogP contribution is -2.30. The molecular formula is C21H20BN7O. The van der Waals surface area contributed by atoms with Crippen LogP contribution in [0.25, 0.3) is 27.9 Å². The number of fused-ring (bicyclic) bond motifs is 2. The Labute approximate surface area is 173 Å². The van der Waals surface area contributed by atoms with E-state index in [2.05, 4.69) is 26.0 Å². The van der Waals surface area contributed by atoms with Gasteiger partial charge in [0.15, 0.2) is 11.5 Å². The zero-order valence-electron chi connectivity index (χ0n) is 16.9. The molecule has 4 aromatic rings. The second kappa shape index (κ2) is 7.06. The first-order valence-corrected chi connectivity index (χ1v) is 10.1. The second-order valence-corrected chi connectivity index (χ2v) is 7.99. The minimum Gasteiger partial charge on any atom is -0.296 e. The van der Waals surface area contributed by atoms with E-state index in [-0.39, 0.29) is 18.3 Å². The van der Waals surface area contributed by atoms with E-state index in [1.165, 1.54) is 0 Å². The Morgan fingerprint density at radius 2 is 2.00 bits per heavy atom.